The quantitative estimate of drug-likeness (QED) is 0.736. The van der Waals surface area contributed by atoms with Crippen molar-refractivity contribution in [3.8, 4) is 0 Å². The molecule has 0 radical (unpaired) electrons. The van der Waals surface area contributed by atoms with Gasteiger partial charge in [0.25, 0.3) is 0 Å². The molecule has 1 saturated heterocycles. The lowest BCUT2D eigenvalue weighted by Gasteiger charge is -2.33. The zero-order chi connectivity index (χ0) is 18.9. The predicted molar refractivity (Wildman–Crippen MR) is 105 cm³/mol. The molecule has 1 N–H and O–H groups in total. The molecule has 2 rings (SSSR count). The van der Waals surface area contributed by atoms with E-state index in [2.05, 4.69) is 36.2 Å². The van der Waals surface area contributed by atoms with Gasteiger partial charge in [0.1, 0.15) is 0 Å². The van der Waals surface area contributed by atoms with E-state index in [1.54, 1.807) is 4.90 Å². The monoisotopic (exact) mass is 379 g/mol. The molecule has 26 heavy (non-hydrogen) atoms. The SMILES string of the molecule is COC(=O)N1CCN(CCNC(=O)Cc2ccc(SC(C)C)cc2)CC1. The summed E-state index contributed by atoms with van der Waals surface area (Å²) in [4.78, 5) is 28.7. The first-order valence-electron chi connectivity index (χ1n) is 9.05. The first-order valence-corrected chi connectivity index (χ1v) is 9.93. The van der Waals surface area contributed by atoms with Crippen molar-refractivity contribution in [3.63, 3.8) is 0 Å². The fourth-order valence-electron chi connectivity index (χ4n) is 2.84. The fraction of sp³-hybridized carbons (Fsp3) is 0.579. The summed E-state index contributed by atoms with van der Waals surface area (Å²) in [6.07, 6.45) is 0.138. The molecule has 1 aliphatic rings. The molecule has 1 aromatic rings. The smallest absolute Gasteiger partial charge is 0.409 e. The van der Waals surface area contributed by atoms with Crippen LogP contribution in [0.25, 0.3) is 0 Å². The van der Waals surface area contributed by atoms with Crippen LogP contribution >= 0.6 is 11.8 Å². The molecule has 0 aliphatic carbocycles. The molecule has 7 heteroatoms. The van der Waals surface area contributed by atoms with E-state index in [1.807, 2.05) is 23.9 Å². The van der Waals surface area contributed by atoms with Crippen LogP contribution in [0, 0.1) is 0 Å². The van der Waals surface area contributed by atoms with Crippen LogP contribution in [0.5, 0.6) is 0 Å². The number of nitrogens with one attached hydrogen (secondary N) is 1. The minimum atomic E-state index is -0.268. The Kier molecular flexibility index (Phi) is 8.25. The Morgan fingerprint density at radius 3 is 2.38 bits per heavy atom. The van der Waals surface area contributed by atoms with E-state index in [1.165, 1.54) is 12.0 Å². The van der Waals surface area contributed by atoms with Crippen molar-refractivity contribution >= 4 is 23.8 Å². The zero-order valence-electron chi connectivity index (χ0n) is 15.9. The van der Waals surface area contributed by atoms with Crippen molar-refractivity contribution in [3.05, 3.63) is 29.8 Å². The van der Waals surface area contributed by atoms with Crippen molar-refractivity contribution < 1.29 is 14.3 Å². The molecule has 1 heterocycles. The van der Waals surface area contributed by atoms with Crippen LogP contribution in [0.3, 0.4) is 0 Å². The van der Waals surface area contributed by atoms with Crippen molar-refractivity contribution in [2.75, 3.05) is 46.4 Å². The van der Waals surface area contributed by atoms with Crippen LogP contribution in [0.15, 0.2) is 29.2 Å². The summed E-state index contributed by atoms with van der Waals surface area (Å²) in [6, 6.07) is 8.20. The fourth-order valence-corrected chi connectivity index (χ4v) is 3.68. The third-order valence-electron chi connectivity index (χ3n) is 4.22. The molecular weight excluding hydrogens is 350 g/mol. The van der Waals surface area contributed by atoms with E-state index in [-0.39, 0.29) is 12.0 Å². The van der Waals surface area contributed by atoms with Gasteiger partial charge < -0.3 is 15.0 Å². The highest BCUT2D eigenvalue weighted by molar-refractivity contribution is 7.99. The first kappa shape index (κ1) is 20.6. The number of nitrogens with zero attached hydrogens (tertiary/aromatic N) is 2. The molecule has 0 aromatic heterocycles. The third kappa shape index (κ3) is 6.88. The zero-order valence-corrected chi connectivity index (χ0v) is 16.7. The van der Waals surface area contributed by atoms with E-state index in [9.17, 15) is 9.59 Å². The highest BCUT2D eigenvalue weighted by atomic mass is 32.2. The second-order valence-corrected chi connectivity index (χ2v) is 8.29. The molecule has 1 aliphatic heterocycles. The summed E-state index contributed by atoms with van der Waals surface area (Å²) in [5, 5.41) is 3.53. The summed E-state index contributed by atoms with van der Waals surface area (Å²) < 4.78 is 4.73. The summed E-state index contributed by atoms with van der Waals surface area (Å²) in [7, 11) is 1.40. The molecule has 0 saturated carbocycles. The average Bonchev–Trinajstić information content (AvgIpc) is 2.63. The van der Waals surface area contributed by atoms with Crippen LogP contribution in [-0.4, -0.2) is 73.4 Å². The van der Waals surface area contributed by atoms with Crippen molar-refractivity contribution in [2.24, 2.45) is 0 Å². The number of carbonyl (C=O) groups excluding carboxylic acids is 2. The van der Waals surface area contributed by atoms with E-state index in [0.29, 0.717) is 31.3 Å². The average molecular weight is 380 g/mol. The number of rotatable bonds is 7. The molecule has 0 unspecified atom stereocenters. The number of thioether (sulfide) groups is 1. The summed E-state index contributed by atoms with van der Waals surface area (Å²) >= 11 is 1.82. The van der Waals surface area contributed by atoms with Crippen molar-refractivity contribution in [1.82, 2.24) is 15.1 Å². The van der Waals surface area contributed by atoms with E-state index in [0.717, 1.165) is 25.2 Å². The van der Waals surface area contributed by atoms with Gasteiger partial charge in [-0.25, -0.2) is 4.79 Å². The number of piperazine rings is 1. The lowest BCUT2D eigenvalue weighted by molar-refractivity contribution is -0.120. The topological polar surface area (TPSA) is 61.9 Å². The molecular formula is C19H29N3O3S. The van der Waals surface area contributed by atoms with Gasteiger partial charge in [-0.2, -0.15) is 0 Å². The van der Waals surface area contributed by atoms with Gasteiger partial charge in [-0.1, -0.05) is 26.0 Å². The third-order valence-corrected chi connectivity index (χ3v) is 5.23. The molecule has 0 atom stereocenters. The van der Waals surface area contributed by atoms with Gasteiger partial charge in [0.05, 0.1) is 13.5 Å². The summed E-state index contributed by atoms with van der Waals surface area (Å²) in [5.41, 5.74) is 1.03. The molecule has 0 bridgehead atoms. The lowest BCUT2D eigenvalue weighted by Crippen LogP contribution is -2.50. The van der Waals surface area contributed by atoms with Crippen LogP contribution in [0.4, 0.5) is 4.79 Å². The Morgan fingerprint density at radius 2 is 1.81 bits per heavy atom. The highest BCUT2D eigenvalue weighted by Crippen LogP contribution is 2.22. The van der Waals surface area contributed by atoms with Crippen LogP contribution in [-0.2, 0) is 16.0 Å². The van der Waals surface area contributed by atoms with Gasteiger partial charge in [-0.3, -0.25) is 9.69 Å². The number of hydrogen-bond acceptors (Lipinski definition) is 5. The van der Waals surface area contributed by atoms with Gasteiger partial charge in [0.2, 0.25) is 5.91 Å². The Labute approximate surface area is 160 Å². The van der Waals surface area contributed by atoms with Gasteiger partial charge >= 0.3 is 6.09 Å². The maximum atomic E-state index is 12.1. The summed E-state index contributed by atoms with van der Waals surface area (Å²) in [6.45, 7) is 8.70. The Balaban J connectivity index is 1.64. The van der Waals surface area contributed by atoms with Crippen LogP contribution in [0.1, 0.15) is 19.4 Å². The largest absolute Gasteiger partial charge is 0.453 e. The molecule has 6 nitrogen and oxygen atoms in total. The van der Waals surface area contributed by atoms with E-state index < -0.39 is 0 Å². The van der Waals surface area contributed by atoms with Crippen LogP contribution < -0.4 is 5.32 Å². The van der Waals surface area contributed by atoms with Crippen LogP contribution in [0.2, 0.25) is 0 Å². The minimum Gasteiger partial charge on any atom is -0.453 e. The van der Waals surface area contributed by atoms with Crippen molar-refractivity contribution in [1.29, 1.82) is 0 Å². The Bertz CT molecular complexity index is 584. The molecule has 1 fully saturated rings. The maximum absolute atomic E-state index is 12.1. The van der Waals surface area contributed by atoms with E-state index in [4.69, 9.17) is 4.74 Å². The normalized spacial score (nSPS) is 15.2. The number of hydrogen-bond donors (Lipinski definition) is 1. The Morgan fingerprint density at radius 1 is 1.15 bits per heavy atom. The molecule has 2 amide bonds. The predicted octanol–water partition coefficient (Wildman–Crippen LogP) is 2.23. The molecule has 1 aromatic carbocycles. The first-order chi connectivity index (χ1) is 12.5. The minimum absolute atomic E-state index is 0.0439. The Hall–Kier alpha value is -1.73. The van der Waals surface area contributed by atoms with Crippen molar-refractivity contribution in [2.45, 2.75) is 30.4 Å². The number of carbonyl (C=O) groups is 2. The lowest BCUT2D eigenvalue weighted by atomic mass is 10.1. The van der Waals surface area contributed by atoms with Gasteiger partial charge in [-0.15, -0.1) is 11.8 Å². The second-order valence-electron chi connectivity index (χ2n) is 6.64. The van der Waals surface area contributed by atoms with Gasteiger partial charge in [0, 0.05) is 49.4 Å². The number of ether oxygens (including phenoxy) is 1. The molecule has 144 valence electrons. The van der Waals surface area contributed by atoms with Gasteiger partial charge in [0.15, 0.2) is 0 Å². The summed E-state index contributed by atoms with van der Waals surface area (Å²) in [5.74, 6) is 0.0439. The second kappa shape index (κ2) is 10.4. The number of benzene rings is 1. The number of amides is 2. The standard InChI is InChI=1S/C19H29N3O3S/c1-15(2)26-17-6-4-16(5-7-17)14-18(23)20-8-9-21-10-12-22(13-11-21)19(24)25-3/h4-7,15H,8-14H2,1-3H3,(H,20,23). The highest BCUT2D eigenvalue weighted by Gasteiger charge is 2.21. The molecule has 0 spiro atoms. The van der Waals surface area contributed by atoms with Gasteiger partial charge in [-0.05, 0) is 17.7 Å². The maximum Gasteiger partial charge on any atom is 0.409 e. The van der Waals surface area contributed by atoms with E-state index >= 15 is 0 Å². The number of methoxy groups -OCH3 is 1.